The number of ether oxygens (including phenoxy) is 2. The minimum Gasteiger partial charge on any atom is -0.491 e. The van der Waals surface area contributed by atoms with Crippen LogP contribution in [0.3, 0.4) is 0 Å². The van der Waals surface area contributed by atoms with Crippen molar-refractivity contribution in [3.05, 3.63) is 46.8 Å². The fraction of sp³-hybridized carbons (Fsp3) is 0.478. The Labute approximate surface area is 193 Å². The minimum absolute atomic E-state index is 0.180. The number of hydrogen-bond acceptors (Lipinski definition) is 8. The Balaban J connectivity index is 0.000000269. The molecule has 0 unspecified atom stereocenters. The molecular formula is C23H31N5O3S. The molecule has 0 atom stereocenters. The van der Waals surface area contributed by atoms with E-state index < -0.39 is 0 Å². The second-order valence-electron chi connectivity index (χ2n) is 7.78. The van der Waals surface area contributed by atoms with E-state index in [4.69, 9.17) is 9.47 Å². The molecule has 0 radical (unpaired) electrons. The van der Waals surface area contributed by atoms with Gasteiger partial charge in [0, 0.05) is 31.5 Å². The van der Waals surface area contributed by atoms with Crippen LogP contribution in [0.1, 0.15) is 37.3 Å². The summed E-state index contributed by atoms with van der Waals surface area (Å²) in [5, 5.41) is 3.67. The molecule has 8 nitrogen and oxygen atoms in total. The van der Waals surface area contributed by atoms with Gasteiger partial charge in [-0.3, -0.25) is 4.79 Å². The Kier molecular flexibility index (Phi) is 9.18. The standard InChI is InChI=1S/C17H20N4OS.C6H11NO2/c1-12(2)22-15-4-5-16-14(8-15)6-7-21(16)17-9-19-13(3)23-11-18-10-20-17;8-5-7-6-1-3-9-4-2-6/h4-5,8-12H,6-7H2,1-3H3;5-6H,1-4H2,(H,7,8). The fourth-order valence-electron chi connectivity index (χ4n) is 3.50. The lowest BCUT2D eigenvalue weighted by molar-refractivity contribution is -0.110. The third kappa shape index (κ3) is 7.13. The zero-order chi connectivity index (χ0) is 22.8. The van der Waals surface area contributed by atoms with Gasteiger partial charge in [0.1, 0.15) is 12.1 Å². The van der Waals surface area contributed by atoms with Crippen molar-refractivity contribution in [3.63, 3.8) is 0 Å². The molecule has 0 aliphatic carbocycles. The molecule has 1 aromatic carbocycles. The summed E-state index contributed by atoms with van der Waals surface area (Å²) in [4.78, 5) is 25.1. The molecule has 1 amide bonds. The monoisotopic (exact) mass is 457 g/mol. The summed E-state index contributed by atoms with van der Waals surface area (Å²) in [7, 11) is 0. The number of rotatable bonds is 5. The smallest absolute Gasteiger partial charge is 0.207 e. The van der Waals surface area contributed by atoms with Gasteiger partial charge in [0.25, 0.3) is 0 Å². The van der Waals surface area contributed by atoms with Crippen LogP contribution in [0.15, 0.2) is 36.2 Å². The summed E-state index contributed by atoms with van der Waals surface area (Å²) in [5.41, 5.74) is 4.18. The first-order valence-electron chi connectivity index (χ1n) is 10.9. The van der Waals surface area contributed by atoms with Crippen LogP contribution in [0.2, 0.25) is 0 Å². The number of aryl methyl sites for hydroxylation is 1. The maximum absolute atomic E-state index is 9.92. The van der Waals surface area contributed by atoms with Gasteiger partial charge in [0.15, 0.2) is 5.82 Å². The van der Waals surface area contributed by atoms with Crippen molar-refractivity contribution in [2.45, 2.75) is 52.2 Å². The van der Waals surface area contributed by atoms with Crippen LogP contribution in [0.4, 0.5) is 11.5 Å². The van der Waals surface area contributed by atoms with Crippen LogP contribution in [0.5, 0.6) is 5.75 Å². The number of hydrogen-bond donors (Lipinski definition) is 1. The summed E-state index contributed by atoms with van der Waals surface area (Å²) in [6, 6.07) is 6.59. The van der Waals surface area contributed by atoms with Gasteiger partial charge < -0.3 is 19.7 Å². The second kappa shape index (κ2) is 12.3. The summed E-state index contributed by atoms with van der Waals surface area (Å²) in [6.07, 6.45) is 7.20. The zero-order valence-corrected chi connectivity index (χ0v) is 19.7. The third-order valence-corrected chi connectivity index (χ3v) is 5.70. The Morgan fingerprint density at radius 3 is 2.84 bits per heavy atom. The van der Waals surface area contributed by atoms with Crippen LogP contribution < -0.4 is 15.0 Å². The van der Waals surface area contributed by atoms with Gasteiger partial charge in [0.05, 0.1) is 22.8 Å². The molecule has 1 fully saturated rings. The van der Waals surface area contributed by atoms with E-state index in [9.17, 15) is 4.79 Å². The molecule has 9 heteroatoms. The lowest BCUT2D eigenvalue weighted by atomic mass is 10.1. The molecule has 0 bridgehead atoms. The summed E-state index contributed by atoms with van der Waals surface area (Å²) in [6.45, 7) is 8.49. The highest BCUT2D eigenvalue weighted by atomic mass is 32.1. The quantitative estimate of drug-likeness (QED) is 0.684. The van der Waals surface area contributed by atoms with E-state index in [2.05, 4.69) is 37.3 Å². The van der Waals surface area contributed by atoms with E-state index in [-0.39, 0.29) is 6.10 Å². The molecule has 32 heavy (non-hydrogen) atoms. The maximum atomic E-state index is 9.92. The van der Waals surface area contributed by atoms with Crippen LogP contribution in [-0.2, 0) is 16.0 Å². The Morgan fingerprint density at radius 1 is 1.28 bits per heavy atom. The average molecular weight is 458 g/mol. The maximum Gasteiger partial charge on any atom is 0.207 e. The van der Waals surface area contributed by atoms with Crippen molar-refractivity contribution < 1.29 is 14.3 Å². The van der Waals surface area contributed by atoms with Crippen molar-refractivity contribution in [2.24, 2.45) is 0 Å². The van der Waals surface area contributed by atoms with E-state index >= 15 is 0 Å². The largest absolute Gasteiger partial charge is 0.491 e. The SMILES string of the molecule is Cc1ncc(N2CCc3cc(OC(C)C)ccc32)ncncs1.O=CNC1CCOCC1. The molecule has 0 saturated carbocycles. The second-order valence-corrected chi connectivity index (χ2v) is 8.82. The number of benzene rings is 1. The number of carbonyl (C=O) groups is 1. The predicted octanol–water partition coefficient (Wildman–Crippen LogP) is 3.76. The van der Waals surface area contributed by atoms with Gasteiger partial charge in [-0.15, -0.1) is 11.3 Å². The van der Waals surface area contributed by atoms with Gasteiger partial charge in [-0.1, -0.05) is 0 Å². The molecule has 2 aliphatic heterocycles. The average Bonchev–Trinajstić information content (AvgIpc) is 3.23. The number of carbonyl (C=O) groups excluding carboxylic acids is 1. The van der Waals surface area contributed by atoms with Gasteiger partial charge in [-0.25, -0.2) is 15.0 Å². The molecule has 172 valence electrons. The number of aromatic nitrogens is 3. The highest BCUT2D eigenvalue weighted by Crippen LogP contribution is 2.35. The number of nitrogens with one attached hydrogen (secondary N) is 1. The van der Waals surface area contributed by atoms with Crippen LogP contribution in [-0.4, -0.2) is 53.3 Å². The Bertz CT molecular complexity index is 929. The topological polar surface area (TPSA) is 89.5 Å². The number of amides is 1. The molecule has 1 saturated heterocycles. The first-order chi connectivity index (χ1) is 15.6. The van der Waals surface area contributed by atoms with Crippen LogP contribution in [0, 0.1) is 6.92 Å². The highest BCUT2D eigenvalue weighted by Gasteiger charge is 2.22. The van der Waals surface area contributed by atoms with E-state index in [1.165, 1.54) is 16.9 Å². The minimum atomic E-state index is 0.180. The molecule has 0 spiro atoms. The number of fused-ring (bicyclic) bond motifs is 1. The Morgan fingerprint density at radius 2 is 2.09 bits per heavy atom. The zero-order valence-electron chi connectivity index (χ0n) is 18.9. The first kappa shape index (κ1) is 23.9. The van der Waals surface area contributed by atoms with Crippen LogP contribution in [0.25, 0.3) is 0 Å². The number of nitrogens with zero attached hydrogens (tertiary/aromatic N) is 4. The lowest BCUT2D eigenvalue weighted by Crippen LogP contribution is -2.33. The summed E-state index contributed by atoms with van der Waals surface area (Å²) >= 11 is 1.49. The van der Waals surface area contributed by atoms with Gasteiger partial charge in [-0.2, -0.15) is 0 Å². The van der Waals surface area contributed by atoms with Crippen molar-refractivity contribution in [2.75, 3.05) is 24.7 Å². The van der Waals surface area contributed by atoms with Crippen molar-refractivity contribution >= 4 is 29.3 Å². The van der Waals surface area contributed by atoms with E-state index in [1.807, 2.05) is 26.8 Å². The van der Waals surface area contributed by atoms with Crippen molar-refractivity contribution in [1.29, 1.82) is 0 Å². The molecule has 2 aliphatic rings. The normalized spacial score (nSPS) is 15.3. The van der Waals surface area contributed by atoms with E-state index in [0.717, 1.165) is 67.7 Å². The van der Waals surface area contributed by atoms with Crippen molar-refractivity contribution in [1.82, 2.24) is 20.3 Å². The van der Waals surface area contributed by atoms with Gasteiger partial charge >= 0.3 is 0 Å². The number of anilines is 2. The first-order valence-corrected chi connectivity index (χ1v) is 11.7. The third-order valence-electron chi connectivity index (χ3n) is 5.02. The molecule has 4 rings (SSSR count). The summed E-state index contributed by atoms with van der Waals surface area (Å²) < 4.78 is 10.9. The van der Waals surface area contributed by atoms with Gasteiger partial charge in [0.2, 0.25) is 6.41 Å². The molecule has 1 N–H and O–H groups in total. The van der Waals surface area contributed by atoms with E-state index in [1.54, 1.807) is 18.0 Å². The van der Waals surface area contributed by atoms with Crippen molar-refractivity contribution in [3.8, 4) is 5.75 Å². The highest BCUT2D eigenvalue weighted by molar-refractivity contribution is 7.08. The molecular weight excluding hydrogens is 426 g/mol. The van der Waals surface area contributed by atoms with Gasteiger partial charge in [-0.05, 0) is 63.8 Å². The van der Waals surface area contributed by atoms with E-state index in [0.29, 0.717) is 6.04 Å². The Hall–Kier alpha value is -2.78. The fourth-order valence-corrected chi connectivity index (χ4v) is 3.88. The molecule has 3 heterocycles. The summed E-state index contributed by atoms with van der Waals surface area (Å²) in [5.74, 6) is 1.72. The predicted molar refractivity (Wildman–Crippen MR) is 126 cm³/mol. The molecule has 2 aromatic rings. The van der Waals surface area contributed by atoms with Crippen LogP contribution >= 0.6 is 11.3 Å². The lowest BCUT2D eigenvalue weighted by Gasteiger charge is -2.20. The molecule has 1 aromatic heterocycles.